The van der Waals surface area contributed by atoms with Crippen molar-refractivity contribution in [3.05, 3.63) is 17.3 Å². The highest BCUT2D eigenvalue weighted by Crippen LogP contribution is 2.25. The molecule has 19 heavy (non-hydrogen) atoms. The molecule has 0 fully saturated rings. The summed E-state index contributed by atoms with van der Waals surface area (Å²) in [5, 5.41) is 11.9. The molecule has 0 bridgehead atoms. The van der Waals surface area contributed by atoms with Crippen LogP contribution in [0.3, 0.4) is 0 Å². The molecule has 1 rings (SSSR count). The summed E-state index contributed by atoms with van der Waals surface area (Å²) in [7, 11) is 0. The van der Waals surface area contributed by atoms with Gasteiger partial charge in [-0.25, -0.2) is 4.98 Å². The first-order valence-corrected chi connectivity index (χ1v) is 6.32. The van der Waals surface area contributed by atoms with Crippen molar-refractivity contribution in [1.82, 2.24) is 10.3 Å². The molecule has 0 spiro atoms. The van der Waals surface area contributed by atoms with Crippen LogP contribution in [0.4, 0.5) is 0 Å². The number of aromatic nitrogens is 1. The standard InChI is InChI=1S/C13H20N2O4/c1-5-13(6-2,12(17)18)7-14-11(16)10-8(3)15-9(4)19-10/h5-7H2,1-4H3,(H,14,16)(H,17,18). The van der Waals surface area contributed by atoms with Gasteiger partial charge in [0.2, 0.25) is 5.76 Å². The Bertz CT molecular complexity index is 475. The number of amides is 1. The molecule has 0 atom stereocenters. The molecule has 0 saturated heterocycles. The van der Waals surface area contributed by atoms with E-state index in [2.05, 4.69) is 10.3 Å². The SMILES string of the molecule is CCC(CC)(CNC(=O)c1oc(C)nc1C)C(=O)O. The van der Waals surface area contributed by atoms with Gasteiger partial charge in [-0.1, -0.05) is 13.8 Å². The molecule has 0 aliphatic rings. The number of hydrogen-bond donors (Lipinski definition) is 2. The Hall–Kier alpha value is -1.85. The molecule has 1 heterocycles. The summed E-state index contributed by atoms with van der Waals surface area (Å²) >= 11 is 0. The Morgan fingerprint density at radius 2 is 1.89 bits per heavy atom. The Morgan fingerprint density at radius 1 is 1.32 bits per heavy atom. The van der Waals surface area contributed by atoms with E-state index in [1.54, 1.807) is 27.7 Å². The highest BCUT2D eigenvalue weighted by atomic mass is 16.4. The monoisotopic (exact) mass is 268 g/mol. The van der Waals surface area contributed by atoms with Crippen LogP contribution in [-0.4, -0.2) is 28.5 Å². The van der Waals surface area contributed by atoms with E-state index in [-0.39, 0.29) is 12.3 Å². The number of nitrogens with one attached hydrogen (secondary N) is 1. The maximum absolute atomic E-state index is 11.9. The lowest BCUT2D eigenvalue weighted by Crippen LogP contribution is -2.42. The minimum absolute atomic E-state index is 0.0767. The lowest BCUT2D eigenvalue weighted by atomic mass is 9.82. The number of rotatable bonds is 6. The van der Waals surface area contributed by atoms with Gasteiger partial charge in [-0.15, -0.1) is 0 Å². The Kier molecular flexibility index (Phi) is 4.69. The topological polar surface area (TPSA) is 92.4 Å². The highest BCUT2D eigenvalue weighted by Gasteiger charge is 2.35. The number of nitrogens with zero attached hydrogens (tertiary/aromatic N) is 1. The molecule has 6 heteroatoms. The van der Waals surface area contributed by atoms with Crippen molar-refractivity contribution in [2.24, 2.45) is 5.41 Å². The van der Waals surface area contributed by atoms with Crippen molar-refractivity contribution in [2.45, 2.75) is 40.5 Å². The van der Waals surface area contributed by atoms with Crippen molar-refractivity contribution in [1.29, 1.82) is 0 Å². The fourth-order valence-electron chi connectivity index (χ4n) is 1.95. The summed E-state index contributed by atoms with van der Waals surface area (Å²) in [6.45, 7) is 7.01. The summed E-state index contributed by atoms with van der Waals surface area (Å²) < 4.78 is 5.20. The van der Waals surface area contributed by atoms with Gasteiger partial charge in [0.15, 0.2) is 5.89 Å². The summed E-state index contributed by atoms with van der Waals surface area (Å²) in [5.74, 6) is -0.768. The number of aliphatic carboxylic acids is 1. The zero-order valence-electron chi connectivity index (χ0n) is 11.7. The van der Waals surface area contributed by atoms with Crippen molar-refractivity contribution in [2.75, 3.05) is 6.54 Å². The van der Waals surface area contributed by atoms with E-state index in [0.29, 0.717) is 24.4 Å². The van der Waals surface area contributed by atoms with Crippen LogP contribution in [0.5, 0.6) is 0 Å². The number of aryl methyl sites for hydroxylation is 2. The largest absolute Gasteiger partial charge is 0.481 e. The first-order valence-electron chi connectivity index (χ1n) is 6.32. The lowest BCUT2D eigenvalue weighted by molar-refractivity contribution is -0.149. The smallest absolute Gasteiger partial charge is 0.311 e. The van der Waals surface area contributed by atoms with E-state index in [9.17, 15) is 14.7 Å². The average Bonchev–Trinajstić information content (AvgIpc) is 2.69. The van der Waals surface area contributed by atoms with Crippen LogP contribution in [0.1, 0.15) is 48.8 Å². The molecule has 0 aliphatic heterocycles. The van der Waals surface area contributed by atoms with Crippen LogP contribution in [0, 0.1) is 19.3 Å². The minimum Gasteiger partial charge on any atom is -0.481 e. The van der Waals surface area contributed by atoms with Gasteiger partial charge < -0.3 is 14.8 Å². The molecule has 0 aliphatic carbocycles. The van der Waals surface area contributed by atoms with Gasteiger partial charge in [-0.3, -0.25) is 9.59 Å². The van der Waals surface area contributed by atoms with Gasteiger partial charge in [-0.2, -0.15) is 0 Å². The van der Waals surface area contributed by atoms with Gasteiger partial charge in [-0.05, 0) is 19.8 Å². The second kappa shape index (κ2) is 5.86. The third-order valence-corrected chi connectivity index (χ3v) is 3.50. The normalized spacial score (nSPS) is 11.4. The predicted octanol–water partition coefficient (Wildman–Crippen LogP) is 1.91. The van der Waals surface area contributed by atoms with Crippen LogP contribution in [0.25, 0.3) is 0 Å². The number of carboxylic acids is 1. The van der Waals surface area contributed by atoms with Crippen LogP contribution in [-0.2, 0) is 4.79 Å². The quantitative estimate of drug-likeness (QED) is 0.822. The molecule has 2 N–H and O–H groups in total. The van der Waals surface area contributed by atoms with E-state index < -0.39 is 17.3 Å². The third kappa shape index (κ3) is 3.13. The number of carbonyl (C=O) groups is 2. The molecular formula is C13H20N2O4. The Labute approximate surface area is 112 Å². The van der Waals surface area contributed by atoms with Gasteiger partial charge in [0.05, 0.1) is 11.1 Å². The number of carboxylic acid groups (broad SMARTS) is 1. The molecule has 0 aromatic carbocycles. The molecule has 0 radical (unpaired) electrons. The number of hydrogen-bond acceptors (Lipinski definition) is 4. The maximum atomic E-state index is 11.9. The van der Waals surface area contributed by atoms with Crippen LogP contribution < -0.4 is 5.32 Å². The van der Waals surface area contributed by atoms with Gasteiger partial charge in [0.1, 0.15) is 0 Å². The fourth-order valence-corrected chi connectivity index (χ4v) is 1.95. The summed E-state index contributed by atoms with van der Waals surface area (Å²) in [5.41, 5.74) is -0.428. The second-order valence-corrected chi connectivity index (χ2v) is 4.62. The van der Waals surface area contributed by atoms with Crippen molar-refractivity contribution < 1.29 is 19.1 Å². The first-order chi connectivity index (χ1) is 8.86. The Balaban J connectivity index is 2.78. The molecule has 0 saturated carbocycles. The third-order valence-electron chi connectivity index (χ3n) is 3.50. The van der Waals surface area contributed by atoms with E-state index in [1.165, 1.54) is 0 Å². The van der Waals surface area contributed by atoms with Crippen LogP contribution >= 0.6 is 0 Å². The van der Waals surface area contributed by atoms with Crippen molar-refractivity contribution in [3.63, 3.8) is 0 Å². The average molecular weight is 268 g/mol. The van der Waals surface area contributed by atoms with Crippen molar-refractivity contribution >= 4 is 11.9 Å². The molecule has 1 aromatic heterocycles. The Morgan fingerprint density at radius 3 is 2.26 bits per heavy atom. The van der Waals surface area contributed by atoms with E-state index >= 15 is 0 Å². The van der Waals surface area contributed by atoms with E-state index in [4.69, 9.17) is 4.42 Å². The summed E-state index contributed by atoms with van der Waals surface area (Å²) in [6, 6.07) is 0. The van der Waals surface area contributed by atoms with Gasteiger partial charge >= 0.3 is 5.97 Å². The minimum atomic E-state index is -0.932. The second-order valence-electron chi connectivity index (χ2n) is 4.62. The molecule has 1 aromatic rings. The molecule has 0 unspecified atom stereocenters. The van der Waals surface area contributed by atoms with E-state index in [1.807, 2.05) is 0 Å². The summed E-state index contributed by atoms with van der Waals surface area (Å²) in [4.78, 5) is 27.3. The maximum Gasteiger partial charge on any atom is 0.311 e. The molecule has 106 valence electrons. The lowest BCUT2D eigenvalue weighted by Gasteiger charge is -2.26. The van der Waals surface area contributed by atoms with Crippen LogP contribution in [0.15, 0.2) is 4.42 Å². The summed E-state index contributed by atoms with van der Waals surface area (Å²) in [6.07, 6.45) is 0.904. The van der Waals surface area contributed by atoms with Crippen LogP contribution in [0.2, 0.25) is 0 Å². The number of carbonyl (C=O) groups excluding carboxylic acids is 1. The van der Waals surface area contributed by atoms with Crippen molar-refractivity contribution in [3.8, 4) is 0 Å². The van der Waals surface area contributed by atoms with Gasteiger partial charge in [0, 0.05) is 13.5 Å². The zero-order valence-corrected chi connectivity index (χ0v) is 11.7. The molecule has 1 amide bonds. The fraction of sp³-hybridized carbons (Fsp3) is 0.615. The molecule has 6 nitrogen and oxygen atoms in total. The first kappa shape index (κ1) is 15.2. The zero-order chi connectivity index (χ0) is 14.6. The predicted molar refractivity (Wildman–Crippen MR) is 69.0 cm³/mol. The van der Waals surface area contributed by atoms with E-state index in [0.717, 1.165) is 0 Å². The van der Waals surface area contributed by atoms with Gasteiger partial charge in [0.25, 0.3) is 5.91 Å². The highest BCUT2D eigenvalue weighted by molar-refractivity contribution is 5.92. The molecular weight excluding hydrogens is 248 g/mol. The number of oxazole rings is 1.